The third kappa shape index (κ3) is 5.75. The molecule has 16 heavy (non-hydrogen) atoms. The number of rotatable bonds is 3. The molecule has 1 aromatic rings. The molecule has 0 saturated heterocycles. The summed E-state index contributed by atoms with van der Waals surface area (Å²) in [6.07, 6.45) is 2.78. The van der Waals surface area contributed by atoms with Crippen LogP contribution >= 0.6 is 0 Å². The number of hydrogen-bond donors (Lipinski definition) is 1. The van der Waals surface area contributed by atoms with Crippen LogP contribution in [0, 0.1) is 26.8 Å². The molecule has 0 unspecified atom stereocenters. The fourth-order valence-electron chi connectivity index (χ4n) is 1.48. The Hall–Kier alpha value is -0.223. The SMILES string of the molecule is Cc1cc[c-]cc1C1CC1.[CH2-]CNC[CH2-].[Li+]. The molecule has 0 aromatic heterocycles. The molecule has 1 nitrogen and oxygen atoms in total. The van der Waals surface area contributed by atoms with Crippen LogP contribution in [0.4, 0.5) is 0 Å². The Bertz CT molecular complexity index is 280. The Morgan fingerprint density at radius 1 is 1.38 bits per heavy atom. The van der Waals surface area contributed by atoms with Gasteiger partial charge in [0.05, 0.1) is 0 Å². The molecule has 2 rings (SSSR count). The smallest absolute Gasteiger partial charge is 0.376 e. The summed E-state index contributed by atoms with van der Waals surface area (Å²) in [6, 6.07) is 9.39. The molecule has 0 atom stereocenters. The van der Waals surface area contributed by atoms with Crippen LogP contribution in [0.5, 0.6) is 0 Å². The van der Waals surface area contributed by atoms with Gasteiger partial charge in [-0.1, -0.05) is 25.7 Å². The largest absolute Gasteiger partial charge is 1.00 e. The Kier molecular flexibility index (Phi) is 8.75. The van der Waals surface area contributed by atoms with Crippen LogP contribution in [-0.2, 0) is 0 Å². The van der Waals surface area contributed by atoms with Crippen molar-refractivity contribution in [1.29, 1.82) is 0 Å². The van der Waals surface area contributed by atoms with Gasteiger partial charge in [-0.05, 0) is 0 Å². The van der Waals surface area contributed by atoms with Crippen molar-refractivity contribution in [2.75, 3.05) is 13.1 Å². The van der Waals surface area contributed by atoms with Crippen LogP contribution in [0.3, 0.4) is 0 Å². The predicted octanol–water partition coefficient (Wildman–Crippen LogP) is -0.0792. The van der Waals surface area contributed by atoms with E-state index < -0.39 is 0 Å². The number of benzene rings is 1. The van der Waals surface area contributed by atoms with Crippen LogP contribution in [0.2, 0.25) is 0 Å². The first-order chi connectivity index (χ1) is 7.29. The van der Waals surface area contributed by atoms with Gasteiger partial charge in [0, 0.05) is 0 Å². The minimum atomic E-state index is 0. The maximum absolute atomic E-state index is 3.52. The van der Waals surface area contributed by atoms with Crippen LogP contribution < -0.4 is 24.2 Å². The van der Waals surface area contributed by atoms with Crippen molar-refractivity contribution >= 4 is 0 Å². The van der Waals surface area contributed by atoms with Gasteiger partial charge in [-0.2, -0.15) is 29.8 Å². The topological polar surface area (TPSA) is 12.0 Å². The number of hydrogen-bond acceptors (Lipinski definition) is 1. The molecule has 2 heteroatoms. The van der Waals surface area contributed by atoms with Crippen molar-refractivity contribution in [3.63, 3.8) is 0 Å². The Balaban J connectivity index is 0.000000330. The molecule has 1 aliphatic rings. The van der Waals surface area contributed by atoms with Crippen LogP contribution in [0.1, 0.15) is 29.9 Å². The van der Waals surface area contributed by atoms with E-state index in [-0.39, 0.29) is 18.9 Å². The van der Waals surface area contributed by atoms with Gasteiger partial charge in [0.1, 0.15) is 0 Å². The molecule has 0 bridgehead atoms. The van der Waals surface area contributed by atoms with Crippen LogP contribution in [-0.4, -0.2) is 13.1 Å². The first-order valence-electron chi connectivity index (χ1n) is 5.55. The second-order valence-corrected chi connectivity index (χ2v) is 3.81. The molecule has 0 aliphatic heterocycles. The summed E-state index contributed by atoms with van der Waals surface area (Å²) in [5.41, 5.74) is 2.95. The Morgan fingerprint density at radius 2 is 2.00 bits per heavy atom. The summed E-state index contributed by atoms with van der Waals surface area (Å²) < 4.78 is 0. The third-order valence-electron chi connectivity index (χ3n) is 2.49. The predicted molar refractivity (Wildman–Crippen MR) is 65.6 cm³/mol. The van der Waals surface area contributed by atoms with E-state index in [4.69, 9.17) is 0 Å². The monoisotopic (exact) mass is 209 g/mol. The van der Waals surface area contributed by atoms with Crippen molar-refractivity contribution < 1.29 is 18.9 Å². The molecule has 1 saturated carbocycles. The van der Waals surface area contributed by atoms with E-state index in [9.17, 15) is 0 Å². The van der Waals surface area contributed by atoms with E-state index in [2.05, 4.69) is 44.3 Å². The average molecular weight is 209 g/mol. The zero-order valence-corrected chi connectivity index (χ0v) is 10.6. The summed E-state index contributed by atoms with van der Waals surface area (Å²) in [5, 5.41) is 2.89. The van der Waals surface area contributed by atoms with E-state index in [1.165, 1.54) is 24.0 Å². The fraction of sp³-hybridized carbons (Fsp3) is 0.429. The first-order valence-corrected chi connectivity index (χ1v) is 5.55. The van der Waals surface area contributed by atoms with Crippen molar-refractivity contribution in [1.82, 2.24) is 5.32 Å². The maximum Gasteiger partial charge on any atom is 1.00 e. The third-order valence-corrected chi connectivity index (χ3v) is 2.49. The Morgan fingerprint density at radius 3 is 2.38 bits per heavy atom. The molecule has 1 aromatic carbocycles. The molecule has 0 spiro atoms. The first kappa shape index (κ1) is 15.8. The molecule has 84 valence electrons. The van der Waals surface area contributed by atoms with Crippen molar-refractivity contribution in [2.45, 2.75) is 25.7 Å². The minimum absolute atomic E-state index is 0. The van der Waals surface area contributed by atoms with E-state index in [0.29, 0.717) is 0 Å². The van der Waals surface area contributed by atoms with Gasteiger partial charge in [0.25, 0.3) is 0 Å². The summed E-state index contributed by atoms with van der Waals surface area (Å²) in [5.74, 6) is 0.873. The second-order valence-electron chi connectivity index (χ2n) is 3.81. The Labute approximate surface area is 112 Å². The summed E-state index contributed by atoms with van der Waals surface area (Å²) >= 11 is 0. The van der Waals surface area contributed by atoms with Crippen molar-refractivity contribution in [2.24, 2.45) is 0 Å². The summed E-state index contributed by atoms with van der Waals surface area (Å²) in [4.78, 5) is 0. The second kappa shape index (κ2) is 8.88. The minimum Gasteiger partial charge on any atom is -0.376 e. The molecule has 1 fully saturated rings. The molecular formula is C14H20LiN-2. The standard InChI is InChI=1S/C10H11.C4H9N.Li/c1-8-4-2-3-5-10(8)9-6-7-9;1-3-5-4-2;/h2,4-5,9H,6-7H2,1H3;5H,1-4H2;/q-1;-2;+1. The number of aryl methyl sites for hydroxylation is 1. The van der Waals surface area contributed by atoms with Gasteiger partial charge in [0.2, 0.25) is 0 Å². The van der Waals surface area contributed by atoms with Crippen molar-refractivity contribution in [3.8, 4) is 0 Å². The zero-order chi connectivity index (χ0) is 11.1. The zero-order valence-electron chi connectivity index (χ0n) is 10.6. The average Bonchev–Trinajstić information content (AvgIpc) is 3.04. The van der Waals surface area contributed by atoms with Gasteiger partial charge in [-0.15, -0.1) is 18.7 Å². The normalized spacial score (nSPS) is 13.4. The molecule has 0 radical (unpaired) electrons. The van der Waals surface area contributed by atoms with Gasteiger partial charge in [-0.25, -0.2) is 0 Å². The van der Waals surface area contributed by atoms with E-state index in [1.54, 1.807) is 0 Å². The molecule has 1 N–H and O–H groups in total. The van der Waals surface area contributed by atoms with Gasteiger partial charge >= 0.3 is 18.9 Å². The quantitative estimate of drug-likeness (QED) is 0.542. The summed E-state index contributed by atoms with van der Waals surface area (Å²) in [6.45, 7) is 10.8. The fourth-order valence-corrected chi connectivity index (χ4v) is 1.48. The van der Waals surface area contributed by atoms with Gasteiger partial charge in [-0.3, -0.25) is 0 Å². The van der Waals surface area contributed by atoms with E-state index in [0.717, 1.165) is 19.0 Å². The molecule has 1 aliphatic carbocycles. The molecule has 0 heterocycles. The van der Waals surface area contributed by atoms with E-state index >= 15 is 0 Å². The van der Waals surface area contributed by atoms with E-state index in [1.807, 2.05) is 6.07 Å². The maximum atomic E-state index is 3.52. The summed E-state index contributed by atoms with van der Waals surface area (Å²) in [7, 11) is 0. The van der Waals surface area contributed by atoms with Crippen LogP contribution in [0.15, 0.2) is 18.2 Å². The molecule has 0 amide bonds. The van der Waals surface area contributed by atoms with Gasteiger partial charge < -0.3 is 19.2 Å². The number of nitrogens with one attached hydrogen (secondary N) is 1. The molecular weight excluding hydrogens is 189 g/mol. The van der Waals surface area contributed by atoms with Crippen molar-refractivity contribution in [3.05, 3.63) is 49.2 Å². The van der Waals surface area contributed by atoms with Crippen LogP contribution in [0.25, 0.3) is 0 Å². The van der Waals surface area contributed by atoms with Gasteiger partial charge in [0.15, 0.2) is 0 Å².